The molecule has 0 aliphatic carbocycles. The topological polar surface area (TPSA) is 56.2 Å². The maximum Gasteiger partial charge on any atom is 0.326 e. The highest BCUT2D eigenvalue weighted by molar-refractivity contribution is 5.80. The van der Waals surface area contributed by atoms with Gasteiger partial charge in [0, 0.05) is 12.2 Å². The highest BCUT2D eigenvalue weighted by Gasteiger charge is 2.32. The second-order valence-corrected chi connectivity index (χ2v) is 5.63. The first-order valence-corrected chi connectivity index (χ1v) is 7.78. The van der Waals surface area contributed by atoms with Crippen molar-refractivity contribution in [1.82, 2.24) is 15.1 Å². The van der Waals surface area contributed by atoms with Crippen LogP contribution < -0.4 is 5.32 Å². The van der Waals surface area contributed by atoms with E-state index in [1.807, 2.05) is 13.8 Å². The molecular formula is C16H29N3O2. The lowest BCUT2D eigenvalue weighted by molar-refractivity contribution is -0.150. The van der Waals surface area contributed by atoms with Crippen molar-refractivity contribution in [3.63, 3.8) is 0 Å². The van der Waals surface area contributed by atoms with Crippen LogP contribution in [0.15, 0.2) is 0 Å². The quantitative estimate of drug-likeness (QED) is 0.748. The summed E-state index contributed by atoms with van der Waals surface area (Å²) in [6.45, 7) is 11.3. The van der Waals surface area contributed by atoms with Gasteiger partial charge in [-0.2, -0.15) is 5.10 Å². The van der Waals surface area contributed by atoms with E-state index in [4.69, 9.17) is 4.74 Å². The third-order valence-electron chi connectivity index (χ3n) is 4.21. The van der Waals surface area contributed by atoms with Crippen LogP contribution in [0.5, 0.6) is 0 Å². The number of aryl methyl sites for hydroxylation is 2. The number of hydrogen-bond acceptors (Lipinski definition) is 4. The van der Waals surface area contributed by atoms with Gasteiger partial charge in [0.2, 0.25) is 0 Å². The lowest BCUT2D eigenvalue weighted by atomic mass is 9.96. The van der Waals surface area contributed by atoms with E-state index in [1.165, 1.54) is 11.3 Å². The van der Waals surface area contributed by atoms with Crippen LogP contribution in [-0.2, 0) is 22.5 Å². The van der Waals surface area contributed by atoms with Gasteiger partial charge in [0.25, 0.3) is 0 Å². The van der Waals surface area contributed by atoms with Crippen LogP contribution in [0.4, 0.5) is 0 Å². The number of aromatic nitrogens is 2. The molecule has 1 aromatic rings. The third kappa shape index (κ3) is 4.06. The standard InChI is InChI=1S/C16H29N3O2/c1-7-14-12(3)18-19(13(14)4)11-9-10-16(5,17-6)15(20)21-8-2/h17H,7-11H2,1-6H3. The summed E-state index contributed by atoms with van der Waals surface area (Å²) in [6, 6.07) is 0. The zero-order valence-electron chi connectivity index (χ0n) is 14.2. The van der Waals surface area contributed by atoms with Crippen LogP contribution in [-0.4, -0.2) is 34.9 Å². The molecule has 0 aliphatic rings. The molecule has 1 N–H and O–H groups in total. The third-order valence-corrected chi connectivity index (χ3v) is 4.21. The maximum atomic E-state index is 12.0. The molecule has 0 radical (unpaired) electrons. The van der Waals surface area contributed by atoms with E-state index >= 15 is 0 Å². The van der Waals surface area contributed by atoms with Crippen molar-refractivity contribution in [3.8, 4) is 0 Å². The zero-order chi connectivity index (χ0) is 16.0. The predicted molar refractivity (Wildman–Crippen MR) is 84.4 cm³/mol. The lowest BCUT2D eigenvalue weighted by Crippen LogP contribution is -2.48. The van der Waals surface area contributed by atoms with E-state index in [1.54, 1.807) is 7.05 Å². The molecule has 5 nitrogen and oxygen atoms in total. The molecular weight excluding hydrogens is 266 g/mol. The normalized spacial score (nSPS) is 14.0. The van der Waals surface area contributed by atoms with Crippen molar-refractivity contribution in [2.45, 2.75) is 66.0 Å². The van der Waals surface area contributed by atoms with Crippen molar-refractivity contribution >= 4 is 5.97 Å². The summed E-state index contributed by atoms with van der Waals surface area (Å²) in [5.74, 6) is -0.185. The molecule has 5 heteroatoms. The number of nitrogens with one attached hydrogen (secondary N) is 1. The average Bonchev–Trinajstić information content (AvgIpc) is 2.73. The number of nitrogens with zero attached hydrogens (tertiary/aromatic N) is 2. The number of carbonyl (C=O) groups excluding carboxylic acids is 1. The monoisotopic (exact) mass is 295 g/mol. The first-order chi connectivity index (χ1) is 9.89. The molecule has 1 rings (SSSR count). The van der Waals surface area contributed by atoms with Gasteiger partial charge in [0.05, 0.1) is 12.3 Å². The molecule has 0 amide bonds. The molecule has 0 aliphatic heterocycles. The number of likely N-dealkylation sites (N-methyl/N-ethyl adjacent to an activating group) is 1. The van der Waals surface area contributed by atoms with E-state index < -0.39 is 5.54 Å². The van der Waals surface area contributed by atoms with Gasteiger partial charge in [-0.1, -0.05) is 6.92 Å². The van der Waals surface area contributed by atoms with E-state index in [0.29, 0.717) is 6.61 Å². The van der Waals surface area contributed by atoms with E-state index in [2.05, 4.69) is 35.9 Å². The largest absolute Gasteiger partial charge is 0.465 e. The van der Waals surface area contributed by atoms with Crippen LogP contribution >= 0.6 is 0 Å². The number of esters is 1. The molecule has 1 aromatic heterocycles. The second-order valence-electron chi connectivity index (χ2n) is 5.63. The second kappa shape index (κ2) is 7.59. The Morgan fingerprint density at radius 2 is 2.05 bits per heavy atom. The van der Waals surface area contributed by atoms with Gasteiger partial charge in [-0.25, -0.2) is 0 Å². The average molecular weight is 295 g/mol. The Bertz CT molecular complexity index is 482. The van der Waals surface area contributed by atoms with Crippen LogP contribution in [0.25, 0.3) is 0 Å². The first-order valence-electron chi connectivity index (χ1n) is 7.78. The minimum atomic E-state index is -0.625. The fraction of sp³-hybridized carbons (Fsp3) is 0.750. The van der Waals surface area contributed by atoms with Crippen molar-refractivity contribution in [2.24, 2.45) is 0 Å². The van der Waals surface area contributed by atoms with Gasteiger partial charge >= 0.3 is 5.97 Å². The Balaban J connectivity index is 2.65. The van der Waals surface area contributed by atoms with Crippen LogP contribution in [0.3, 0.4) is 0 Å². The van der Waals surface area contributed by atoms with Crippen molar-refractivity contribution in [1.29, 1.82) is 0 Å². The summed E-state index contributed by atoms with van der Waals surface area (Å²) >= 11 is 0. The Hall–Kier alpha value is -1.36. The van der Waals surface area contributed by atoms with Crippen LogP contribution in [0, 0.1) is 13.8 Å². The fourth-order valence-electron chi connectivity index (χ4n) is 2.67. The summed E-state index contributed by atoms with van der Waals surface area (Å²) in [5.41, 5.74) is 3.05. The van der Waals surface area contributed by atoms with Crippen LogP contribution in [0.1, 0.15) is 50.6 Å². The first kappa shape index (κ1) is 17.7. The van der Waals surface area contributed by atoms with E-state index in [0.717, 1.165) is 31.5 Å². The number of carbonyl (C=O) groups is 1. The highest BCUT2D eigenvalue weighted by atomic mass is 16.5. The molecule has 1 unspecified atom stereocenters. The smallest absolute Gasteiger partial charge is 0.326 e. The molecule has 1 heterocycles. The van der Waals surface area contributed by atoms with E-state index in [-0.39, 0.29) is 5.97 Å². The SMILES string of the molecule is CCOC(=O)C(C)(CCCn1nc(C)c(CC)c1C)NC. The summed E-state index contributed by atoms with van der Waals surface area (Å²) in [5, 5.41) is 7.68. The van der Waals surface area contributed by atoms with Gasteiger partial charge in [0.15, 0.2) is 0 Å². The highest BCUT2D eigenvalue weighted by Crippen LogP contribution is 2.18. The minimum Gasteiger partial charge on any atom is -0.465 e. The van der Waals surface area contributed by atoms with Crippen LogP contribution in [0.2, 0.25) is 0 Å². The minimum absolute atomic E-state index is 0.185. The maximum absolute atomic E-state index is 12.0. The molecule has 0 saturated carbocycles. The Morgan fingerprint density at radius 1 is 1.38 bits per heavy atom. The molecule has 21 heavy (non-hydrogen) atoms. The summed E-state index contributed by atoms with van der Waals surface area (Å²) < 4.78 is 7.19. The fourth-order valence-corrected chi connectivity index (χ4v) is 2.67. The molecule has 0 bridgehead atoms. The molecule has 0 fully saturated rings. The summed E-state index contributed by atoms with van der Waals surface area (Å²) in [6.07, 6.45) is 2.61. The zero-order valence-corrected chi connectivity index (χ0v) is 14.2. The van der Waals surface area contributed by atoms with Gasteiger partial charge in [-0.3, -0.25) is 9.48 Å². The van der Waals surface area contributed by atoms with Gasteiger partial charge < -0.3 is 10.1 Å². The Morgan fingerprint density at radius 3 is 2.52 bits per heavy atom. The number of hydrogen-bond donors (Lipinski definition) is 1. The van der Waals surface area contributed by atoms with Crippen molar-refractivity contribution in [3.05, 3.63) is 17.0 Å². The molecule has 0 spiro atoms. The number of rotatable bonds is 8. The summed E-state index contributed by atoms with van der Waals surface area (Å²) in [4.78, 5) is 12.0. The summed E-state index contributed by atoms with van der Waals surface area (Å²) in [7, 11) is 1.80. The van der Waals surface area contributed by atoms with Gasteiger partial charge in [-0.15, -0.1) is 0 Å². The molecule has 0 aromatic carbocycles. The molecule has 0 saturated heterocycles. The number of ether oxygens (including phenoxy) is 1. The lowest BCUT2D eigenvalue weighted by Gasteiger charge is -2.26. The van der Waals surface area contributed by atoms with E-state index in [9.17, 15) is 4.79 Å². The van der Waals surface area contributed by atoms with Gasteiger partial charge in [-0.05, 0) is 59.6 Å². The Labute approximate surface area is 128 Å². The van der Waals surface area contributed by atoms with Crippen molar-refractivity contribution in [2.75, 3.05) is 13.7 Å². The predicted octanol–water partition coefficient (Wildman–Crippen LogP) is 2.38. The Kier molecular flexibility index (Phi) is 6.40. The van der Waals surface area contributed by atoms with Crippen molar-refractivity contribution < 1.29 is 9.53 Å². The molecule has 1 atom stereocenters. The van der Waals surface area contributed by atoms with Gasteiger partial charge in [0.1, 0.15) is 5.54 Å². The molecule has 120 valence electrons.